The van der Waals surface area contributed by atoms with Gasteiger partial charge < -0.3 is 9.47 Å². The molecule has 8 heteroatoms. The summed E-state index contributed by atoms with van der Waals surface area (Å²) in [4.78, 5) is 19.3. The zero-order valence-corrected chi connectivity index (χ0v) is 18.6. The highest BCUT2D eigenvalue weighted by atomic mass is 32.2. The van der Waals surface area contributed by atoms with Crippen LogP contribution in [-0.4, -0.2) is 58.6 Å². The highest BCUT2D eigenvalue weighted by molar-refractivity contribution is 8.00. The number of sulfone groups is 1. The second kappa shape index (κ2) is 8.45. The lowest BCUT2D eigenvalue weighted by atomic mass is 10.1. The molecule has 3 rings (SSSR count). The van der Waals surface area contributed by atoms with Gasteiger partial charge in [-0.2, -0.15) is 0 Å². The minimum atomic E-state index is -3.02. The first-order valence-electron chi connectivity index (χ1n) is 9.77. The van der Waals surface area contributed by atoms with Gasteiger partial charge in [0.2, 0.25) is 5.91 Å². The van der Waals surface area contributed by atoms with E-state index in [1.165, 1.54) is 11.8 Å². The molecule has 2 unspecified atom stereocenters. The van der Waals surface area contributed by atoms with Crippen LogP contribution in [-0.2, 0) is 21.2 Å². The molecule has 1 aromatic carbocycles. The molecule has 0 spiro atoms. The second-order valence-corrected chi connectivity index (χ2v) is 11.5. The zero-order valence-electron chi connectivity index (χ0n) is 17.0. The van der Waals surface area contributed by atoms with E-state index in [1.54, 1.807) is 11.9 Å². The summed E-state index contributed by atoms with van der Waals surface area (Å²) in [6.45, 7) is 7.13. The Morgan fingerprint density at radius 1 is 1.32 bits per heavy atom. The normalized spacial score (nSPS) is 20.0. The first kappa shape index (κ1) is 21.2. The number of nitrogens with zero attached hydrogens (tertiary/aromatic N) is 3. The van der Waals surface area contributed by atoms with E-state index in [4.69, 9.17) is 4.98 Å². The Bertz CT molecular complexity index is 953. The van der Waals surface area contributed by atoms with Crippen molar-refractivity contribution >= 4 is 38.5 Å². The molecular weight excluding hydrogens is 394 g/mol. The molecule has 2 atom stereocenters. The Balaban J connectivity index is 1.77. The van der Waals surface area contributed by atoms with Crippen molar-refractivity contribution < 1.29 is 13.2 Å². The van der Waals surface area contributed by atoms with E-state index >= 15 is 0 Å². The molecule has 1 saturated heterocycles. The molecule has 2 aromatic rings. The Kier molecular flexibility index (Phi) is 6.39. The van der Waals surface area contributed by atoms with Crippen LogP contribution in [0.1, 0.15) is 33.6 Å². The van der Waals surface area contributed by atoms with Crippen molar-refractivity contribution in [2.75, 3.05) is 18.6 Å². The fourth-order valence-electron chi connectivity index (χ4n) is 3.50. The number of thioether (sulfide) groups is 1. The number of aryl methyl sites for hydroxylation is 1. The number of carbonyl (C=O) groups excluding carboxylic acids is 1. The van der Waals surface area contributed by atoms with E-state index in [0.29, 0.717) is 12.3 Å². The van der Waals surface area contributed by atoms with Gasteiger partial charge in [-0.15, -0.1) is 0 Å². The van der Waals surface area contributed by atoms with Gasteiger partial charge in [-0.05, 0) is 37.8 Å². The first-order valence-corrected chi connectivity index (χ1v) is 12.5. The third-order valence-electron chi connectivity index (χ3n) is 5.28. The number of imidazole rings is 1. The van der Waals surface area contributed by atoms with Crippen molar-refractivity contribution in [2.45, 2.75) is 56.6 Å². The van der Waals surface area contributed by atoms with Crippen molar-refractivity contribution in [3.05, 3.63) is 24.3 Å². The van der Waals surface area contributed by atoms with Crippen molar-refractivity contribution in [2.24, 2.45) is 5.92 Å². The van der Waals surface area contributed by atoms with Gasteiger partial charge in [0.15, 0.2) is 15.0 Å². The third kappa shape index (κ3) is 4.71. The van der Waals surface area contributed by atoms with E-state index in [9.17, 15) is 13.2 Å². The van der Waals surface area contributed by atoms with E-state index in [2.05, 4.69) is 24.5 Å². The summed E-state index contributed by atoms with van der Waals surface area (Å²) < 4.78 is 25.7. The SMILES string of the molecule is CC(C)CCn1c(SC(C)C(=O)N(C)C2CCS(=O)(=O)C2)nc2ccccc21. The summed E-state index contributed by atoms with van der Waals surface area (Å²) >= 11 is 1.45. The van der Waals surface area contributed by atoms with Crippen LogP contribution < -0.4 is 0 Å². The molecule has 1 amide bonds. The van der Waals surface area contributed by atoms with Gasteiger partial charge >= 0.3 is 0 Å². The van der Waals surface area contributed by atoms with Crippen molar-refractivity contribution in [1.29, 1.82) is 0 Å². The monoisotopic (exact) mass is 423 g/mol. The van der Waals surface area contributed by atoms with Gasteiger partial charge in [-0.3, -0.25) is 4.79 Å². The fourth-order valence-corrected chi connectivity index (χ4v) is 6.33. The smallest absolute Gasteiger partial charge is 0.235 e. The van der Waals surface area contributed by atoms with Crippen LogP contribution in [0.25, 0.3) is 11.0 Å². The minimum Gasteiger partial charge on any atom is -0.341 e. The average Bonchev–Trinajstić information content (AvgIpc) is 3.17. The molecule has 0 aliphatic carbocycles. The van der Waals surface area contributed by atoms with Gasteiger partial charge in [0.1, 0.15) is 0 Å². The maximum Gasteiger partial charge on any atom is 0.235 e. The number of hydrogen-bond acceptors (Lipinski definition) is 5. The van der Waals surface area contributed by atoms with Gasteiger partial charge in [-0.1, -0.05) is 37.7 Å². The lowest BCUT2D eigenvalue weighted by molar-refractivity contribution is -0.130. The third-order valence-corrected chi connectivity index (χ3v) is 8.11. The molecule has 1 fully saturated rings. The quantitative estimate of drug-likeness (QED) is 0.640. The number of rotatable bonds is 7. The molecule has 0 bridgehead atoms. The number of carbonyl (C=O) groups is 1. The molecule has 0 radical (unpaired) electrons. The van der Waals surface area contributed by atoms with Crippen LogP contribution in [0.4, 0.5) is 0 Å². The van der Waals surface area contributed by atoms with Crippen LogP contribution >= 0.6 is 11.8 Å². The average molecular weight is 424 g/mol. The highest BCUT2D eigenvalue weighted by Gasteiger charge is 2.34. The van der Waals surface area contributed by atoms with Crippen LogP contribution in [0.5, 0.6) is 0 Å². The summed E-state index contributed by atoms with van der Waals surface area (Å²) in [5.41, 5.74) is 2.02. The summed E-state index contributed by atoms with van der Waals surface area (Å²) in [6.07, 6.45) is 1.56. The van der Waals surface area contributed by atoms with Gasteiger partial charge in [0, 0.05) is 19.6 Å². The van der Waals surface area contributed by atoms with E-state index in [0.717, 1.165) is 29.2 Å². The van der Waals surface area contributed by atoms with Crippen molar-refractivity contribution in [1.82, 2.24) is 14.5 Å². The van der Waals surface area contributed by atoms with Gasteiger partial charge in [-0.25, -0.2) is 13.4 Å². The Hall–Kier alpha value is -1.54. The van der Waals surface area contributed by atoms with Crippen molar-refractivity contribution in [3.63, 3.8) is 0 Å². The summed E-state index contributed by atoms with van der Waals surface area (Å²) in [6, 6.07) is 7.81. The molecule has 154 valence electrons. The van der Waals surface area contributed by atoms with Crippen LogP contribution in [0.2, 0.25) is 0 Å². The Labute approximate surface area is 171 Å². The summed E-state index contributed by atoms with van der Waals surface area (Å²) in [5.74, 6) is 0.768. The molecule has 28 heavy (non-hydrogen) atoms. The topological polar surface area (TPSA) is 72.3 Å². The maximum absolute atomic E-state index is 12.9. The fraction of sp³-hybridized carbons (Fsp3) is 0.600. The largest absolute Gasteiger partial charge is 0.341 e. The number of hydrogen-bond donors (Lipinski definition) is 0. The minimum absolute atomic E-state index is 0.0467. The van der Waals surface area contributed by atoms with Crippen molar-refractivity contribution in [3.8, 4) is 0 Å². The predicted molar refractivity (Wildman–Crippen MR) is 114 cm³/mol. The van der Waals surface area contributed by atoms with Crippen LogP contribution in [0.15, 0.2) is 29.4 Å². The molecule has 0 saturated carbocycles. The second-order valence-electron chi connectivity index (χ2n) is 7.98. The van der Waals surface area contributed by atoms with Gasteiger partial charge in [0.25, 0.3) is 0 Å². The van der Waals surface area contributed by atoms with Gasteiger partial charge in [0.05, 0.1) is 27.8 Å². The standard InChI is InChI=1S/C20H29N3O3S2/c1-14(2)9-11-23-18-8-6-5-7-17(18)21-20(23)27-15(3)19(24)22(4)16-10-12-28(25,26)13-16/h5-8,14-16H,9-13H2,1-4H3. The van der Waals surface area contributed by atoms with Crippen LogP contribution in [0.3, 0.4) is 0 Å². The summed E-state index contributed by atoms with van der Waals surface area (Å²) in [5, 5.41) is 0.512. The Morgan fingerprint density at radius 2 is 2.04 bits per heavy atom. The molecule has 1 aliphatic rings. The Morgan fingerprint density at radius 3 is 2.68 bits per heavy atom. The number of fused-ring (bicyclic) bond motifs is 1. The first-order chi connectivity index (χ1) is 13.2. The highest BCUT2D eigenvalue weighted by Crippen LogP contribution is 2.29. The lowest BCUT2D eigenvalue weighted by Gasteiger charge is -2.26. The molecule has 1 aliphatic heterocycles. The molecule has 2 heterocycles. The molecular formula is C20H29N3O3S2. The van der Waals surface area contributed by atoms with E-state index in [1.807, 2.05) is 25.1 Å². The maximum atomic E-state index is 12.9. The molecule has 0 N–H and O–H groups in total. The number of amides is 1. The van der Waals surface area contributed by atoms with E-state index < -0.39 is 9.84 Å². The molecule has 6 nitrogen and oxygen atoms in total. The summed E-state index contributed by atoms with van der Waals surface area (Å²) in [7, 11) is -1.30. The number of para-hydroxylation sites is 2. The zero-order chi connectivity index (χ0) is 20.5. The van der Waals surface area contributed by atoms with Crippen LogP contribution in [0, 0.1) is 5.92 Å². The predicted octanol–water partition coefficient (Wildman–Crippen LogP) is 3.21. The number of aromatic nitrogens is 2. The molecule has 1 aromatic heterocycles. The van der Waals surface area contributed by atoms with E-state index in [-0.39, 0.29) is 28.7 Å². The number of benzene rings is 1. The lowest BCUT2D eigenvalue weighted by Crippen LogP contribution is -2.41.